The monoisotopic (exact) mass is 446 g/mol. The molecular weight excluding hydrogens is 432 g/mol. The minimum atomic E-state index is -0.563. The lowest BCUT2D eigenvalue weighted by Crippen LogP contribution is -2.14. The van der Waals surface area contributed by atoms with Crippen LogP contribution in [0.5, 0.6) is 11.5 Å². The van der Waals surface area contributed by atoms with Crippen LogP contribution in [0, 0.1) is 10.1 Å². The Morgan fingerprint density at radius 3 is 2.64 bits per heavy atom. The summed E-state index contributed by atoms with van der Waals surface area (Å²) in [7, 11) is 1.39. The van der Waals surface area contributed by atoms with Crippen molar-refractivity contribution in [3.05, 3.63) is 75.0 Å². The number of nitrogens with one attached hydrogen (secondary N) is 1. The maximum Gasteiger partial charge on any atom is 0.276 e. The largest absolute Gasteiger partial charge is 0.496 e. The Morgan fingerprint density at radius 2 is 1.96 bits per heavy atom. The Kier molecular flexibility index (Phi) is 5.90. The Morgan fingerprint density at radius 1 is 1.21 bits per heavy atom. The van der Waals surface area contributed by atoms with Crippen LogP contribution in [0.15, 0.2) is 59.2 Å². The molecule has 0 saturated carbocycles. The van der Waals surface area contributed by atoms with Gasteiger partial charge in [-0.1, -0.05) is 15.9 Å². The van der Waals surface area contributed by atoms with Crippen LogP contribution in [0.3, 0.4) is 0 Å². The second kappa shape index (κ2) is 8.53. The van der Waals surface area contributed by atoms with Crippen molar-refractivity contribution in [1.29, 1.82) is 0 Å². The second-order valence-corrected chi connectivity index (χ2v) is 6.51. The van der Waals surface area contributed by atoms with Crippen molar-refractivity contribution in [2.45, 2.75) is 6.73 Å². The standard InChI is InChI=1S/C18H15BrN4O5/c1-27-16-9-13(8-14(10-16)23(25)26)20-18(24)17-6-7-22(21-17)11-28-15-4-2-12(19)3-5-15/h2-10H,11H2,1H3,(H,20,24). The van der Waals surface area contributed by atoms with Crippen molar-refractivity contribution in [2.24, 2.45) is 0 Å². The number of carbonyl (C=O) groups is 1. The molecule has 1 aromatic heterocycles. The summed E-state index contributed by atoms with van der Waals surface area (Å²) in [6, 6.07) is 12.8. The van der Waals surface area contributed by atoms with Gasteiger partial charge in [-0.15, -0.1) is 0 Å². The highest BCUT2D eigenvalue weighted by Crippen LogP contribution is 2.26. The van der Waals surface area contributed by atoms with Crippen LogP contribution in [0.2, 0.25) is 0 Å². The fourth-order valence-electron chi connectivity index (χ4n) is 2.30. The predicted octanol–water partition coefficient (Wildman–Crippen LogP) is 3.85. The average Bonchev–Trinajstić information content (AvgIpc) is 3.16. The van der Waals surface area contributed by atoms with Crippen molar-refractivity contribution < 1.29 is 19.2 Å². The smallest absolute Gasteiger partial charge is 0.276 e. The third-order valence-corrected chi connectivity index (χ3v) is 4.17. The number of carbonyl (C=O) groups excluding carboxylic acids is 1. The molecule has 1 N–H and O–H groups in total. The predicted molar refractivity (Wildman–Crippen MR) is 105 cm³/mol. The van der Waals surface area contributed by atoms with Gasteiger partial charge >= 0.3 is 0 Å². The molecule has 0 radical (unpaired) electrons. The summed E-state index contributed by atoms with van der Waals surface area (Å²) in [5, 5.41) is 17.7. The highest BCUT2D eigenvalue weighted by atomic mass is 79.9. The molecule has 0 unspecified atom stereocenters. The molecule has 3 aromatic rings. The number of benzene rings is 2. The zero-order chi connectivity index (χ0) is 20.1. The van der Waals surface area contributed by atoms with Crippen LogP contribution in [0.4, 0.5) is 11.4 Å². The first-order chi connectivity index (χ1) is 13.4. The first-order valence-electron chi connectivity index (χ1n) is 8.01. The highest BCUT2D eigenvalue weighted by Gasteiger charge is 2.15. The van der Waals surface area contributed by atoms with Crippen LogP contribution in [0.1, 0.15) is 10.5 Å². The maximum absolute atomic E-state index is 12.4. The number of halogens is 1. The first-order valence-corrected chi connectivity index (χ1v) is 8.80. The zero-order valence-corrected chi connectivity index (χ0v) is 16.3. The number of non-ortho nitro benzene ring substituents is 1. The molecule has 28 heavy (non-hydrogen) atoms. The number of amides is 1. The van der Waals surface area contributed by atoms with Crippen LogP contribution >= 0.6 is 15.9 Å². The molecule has 0 aliphatic heterocycles. The van der Waals surface area contributed by atoms with Gasteiger partial charge < -0.3 is 14.8 Å². The third-order valence-electron chi connectivity index (χ3n) is 3.65. The summed E-state index contributed by atoms with van der Waals surface area (Å²) in [6.45, 7) is 0.125. The number of methoxy groups -OCH3 is 1. The summed E-state index contributed by atoms with van der Waals surface area (Å²) in [5.74, 6) is 0.413. The number of ether oxygens (including phenoxy) is 2. The lowest BCUT2D eigenvalue weighted by Gasteiger charge is -2.07. The number of nitro benzene ring substituents is 1. The first kappa shape index (κ1) is 19.4. The quantitative estimate of drug-likeness (QED) is 0.436. The fraction of sp³-hybridized carbons (Fsp3) is 0.111. The van der Waals surface area contributed by atoms with E-state index in [1.165, 1.54) is 36.1 Å². The van der Waals surface area contributed by atoms with Crippen molar-refractivity contribution >= 4 is 33.2 Å². The molecule has 0 aliphatic carbocycles. The summed E-state index contributed by atoms with van der Waals surface area (Å²) in [6.07, 6.45) is 1.60. The van der Waals surface area contributed by atoms with E-state index in [9.17, 15) is 14.9 Å². The lowest BCUT2D eigenvalue weighted by atomic mass is 10.2. The van der Waals surface area contributed by atoms with Crippen molar-refractivity contribution in [2.75, 3.05) is 12.4 Å². The number of hydrogen-bond acceptors (Lipinski definition) is 6. The van der Waals surface area contributed by atoms with E-state index in [1.807, 2.05) is 12.1 Å². The summed E-state index contributed by atoms with van der Waals surface area (Å²) >= 11 is 3.35. The van der Waals surface area contributed by atoms with Gasteiger partial charge in [0.15, 0.2) is 12.4 Å². The van der Waals surface area contributed by atoms with Gasteiger partial charge in [-0.05, 0) is 30.3 Å². The van der Waals surface area contributed by atoms with E-state index in [0.29, 0.717) is 5.75 Å². The summed E-state index contributed by atoms with van der Waals surface area (Å²) in [4.78, 5) is 22.8. The molecule has 0 spiro atoms. The molecule has 1 heterocycles. The number of rotatable bonds is 7. The van der Waals surface area contributed by atoms with Crippen LogP contribution in [-0.2, 0) is 6.73 Å². The number of anilines is 1. The van der Waals surface area contributed by atoms with Crippen molar-refractivity contribution in [1.82, 2.24) is 9.78 Å². The third kappa shape index (κ3) is 4.86. The maximum atomic E-state index is 12.4. The molecular formula is C18H15BrN4O5. The number of nitro groups is 1. The molecule has 0 saturated heterocycles. The average molecular weight is 447 g/mol. The topological polar surface area (TPSA) is 109 Å². The van der Waals surface area contributed by atoms with E-state index < -0.39 is 10.8 Å². The molecule has 9 nitrogen and oxygen atoms in total. The minimum absolute atomic E-state index is 0.125. The van der Waals surface area contributed by atoms with E-state index in [0.717, 1.165) is 4.47 Å². The van der Waals surface area contributed by atoms with E-state index in [1.54, 1.807) is 18.3 Å². The molecule has 0 aliphatic rings. The van der Waals surface area contributed by atoms with E-state index in [4.69, 9.17) is 9.47 Å². The number of aromatic nitrogens is 2. The zero-order valence-electron chi connectivity index (χ0n) is 14.7. The second-order valence-electron chi connectivity index (χ2n) is 5.60. The van der Waals surface area contributed by atoms with E-state index >= 15 is 0 Å². The van der Waals surface area contributed by atoms with Gasteiger partial charge in [-0.2, -0.15) is 5.10 Å². The SMILES string of the molecule is COc1cc(NC(=O)c2ccn(COc3ccc(Br)cc3)n2)cc([N+](=O)[O-])c1. The fourth-order valence-corrected chi connectivity index (χ4v) is 2.56. The van der Waals surface area contributed by atoms with Gasteiger partial charge in [0.2, 0.25) is 0 Å². The Labute approximate surface area is 168 Å². The van der Waals surface area contributed by atoms with Gasteiger partial charge in [-0.25, -0.2) is 4.68 Å². The van der Waals surface area contributed by atoms with E-state index in [-0.39, 0.29) is 29.5 Å². The lowest BCUT2D eigenvalue weighted by molar-refractivity contribution is -0.384. The van der Waals surface area contributed by atoms with Gasteiger partial charge in [0.25, 0.3) is 11.6 Å². The van der Waals surface area contributed by atoms with Crippen molar-refractivity contribution in [3.63, 3.8) is 0 Å². The summed E-state index contributed by atoms with van der Waals surface area (Å²) < 4.78 is 13.0. The molecule has 10 heteroatoms. The minimum Gasteiger partial charge on any atom is -0.496 e. The molecule has 0 bridgehead atoms. The van der Waals surface area contributed by atoms with Crippen LogP contribution in [-0.4, -0.2) is 27.7 Å². The Bertz CT molecular complexity index is 1000. The number of nitrogens with zero attached hydrogens (tertiary/aromatic N) is 3. The summed E-state index contributed by atoms with van der Waals surface area (Å²) in [5.41, 5.74) is 0.185. The molecule has 3 rings (SSSR count). The van der Waals surface area contributed by atoms with Crippen LogP contribution < -0.4 is 14.8 Å². The van der Waals surface area contributed by atoms with Gasteiger partial charge in [0.1, 0.15) is 11.5 Å². The van der Waals surface area contributed by atoms with Crippen molar-refractivity contribution in [3.8, 4) is 11.5 Å². The molecule has 0 fully saturated rings. The number of hydrogen-bond donors (Lipinski definition) is 1. The van der Waals surface area contributed by atoms with Crippen LogP contribution in [0.25, 0.3) is 0 Å². The molecule has 0 atom stereocenters. The molecule has 1 amide bonds. The Hall–Kier alpha value is -3.40. The Balaban J connectivity index is 1.66. The highest BCUT2D eigenvalue weighted by molar-refractivity contribution is 9.10. The van der Waals surface area contributed by atoms with E-state index in [2.05, 4.69) is 26.3 Å². The van der Waals surface area contributed by atoms with Gasteiger partial charge in [0.05, 0.1) is 23.8 Å². The molecule has 144 valence electrons. The molecule has 2 aromatic carbocycles. The normalized spacial score (nSPS) is 10.4. The van der Waals surface area contributed by atoms with Gasteiger partial charge in [0, 0.05) is 22.8 Å². The van der Waals surface area contributed by atoms with Gasteiger partial charge in [-0.3, -0.25) is 14.9 Å².